The molecule has 7 nitrogen and oxygen atoms in total. The molecule has 0 saturated heterocycles. The van der Waals surface area contributed by atoms with Gasteiger partial charge in [-0.05, 0) is 24.3 Å². The van der Waals surface area contributed by atoms with Crippen molar-refractivity contribution in [2.24, 2.45) is 0 Å². The third kappa shape index (κ3) is 5.32. The summed E-state index contributed by atoms with van der Waals surface area (Å²) in [6.07, 6.45) is 0. The van der Waals surface area contributed by atoms with Crippen LogP contribution in [-0.2, 0) is 14.8 Å². The maximum absolute atomic E-state index is 13.9. The largest absolute Gasteiger partial charge is 0.383 e. The monoisotopic (exact) mass is 409 g/mol. The molecular formula is C18H17F2N3O4S. The van der Waals surface area contributed by atoms with Gasteiger partial charge in [-0.1, -0.05) is 12.1 Å². The predicted molar refractivity (Wildman–Crippen MR) is 95.7 cm³/mol. The highest BCUT2D eigenvalue weighted by molar-refractivity contribution is 7.89. The fraction of sp³-hybridized carbons (Fsp3) is 0.222. The van der Waals surface area contributed by atoms with Gasteiger partial charge in [0.2, 0.25) is 10.0 Å². The van der Waals surface area contributed by atoms with Gasteiger partial charge in [0.25, 0.3) is 5.91 Å². The van der Waals surface area contributed by atoms with Crippen molar-refractivity contribution in [3.8, 4) is 6.07 Å². The van der Waals surface area contributed by atoms with Crippen LogP contribution in [-0.4, -0.2) is 34.6 Å². The van der Waals surface area contributed by atoms with Gasteiger partial charge in [0.15, 0.2) is 0 Å². The minimum absolute atomic E-state index is 0.0441. The molecule has 1 atom stereocenters. The number of methoxy groups -OCH3 is 1. The summed E-state index contributed by atoms with van der Waals surface area (Å²) in [5, 5.41) is 11.5. The number of nitriles is 1. The van der Waals surface area contributed by atoms with Gasteiger partial charge in [-0.3, -0.25) is 4.79 Å². The lowest BCUT2D eigenvalue weighted by atomic mass is 10.1. The number of nitrogens with one attached hydrogen (secondary N) is 2. The number of hydrogen-bond acceptors (Lipinski definition) is 5. The molecule has 28 heavy (non-hydrogen) atoms. The summed E-state index contributed by atoms with van der Waals surface area (Å²) in [6, 6.07) is 8.09. The highest BCUT2D eigenvalue weighted by Gasteiger charge is 2.21. The van der Waals surface area contributed by atoms with Crippen LogP contribution in [0.5, 0.6) is 0 Å². The number of carbonyl (C=O) groups is 1. The molecule has 0 fully saturated rings. The lowest BCUT2D eigenvalue weighted by molar-refractivity contribution is 0.0944. The number of carbonyl (C=O) groups excluding carboxylic acids is 1. The van der Waals surface area contributed by atoms with Crippen molar-refractivity contribution in [2.75, 3.05) is 20.3 Å². The fourth-order valence-corrected chi connectivity index (χ4v) is 3.35. The van der Waals surface area contributed by atoms with E-state index in [4.69, 9.17) is 4.74 Å². The Balaban J connectivity index is 2.21. The normalized spacial score (nSPS) is 12.2. The maximum atomic E-state index is 13.9. The van der Waals surface area contributed by atoms with Crippen LogP contribution in [0.4, 0.5) is 8.78 Å². The summed E-state index contributed by atoms with van der Waals surface area (Å²) in [4.78, 5) is 12.3. The Morgan fingerprint density at radius 1 is 1.25 bits per heavy atom. The third-order valence-corrected chi connectivity index (χ3v) is 5.14. The Hall–Kier alpha value is -2.87. The van der Waals surface area contributed by atoms with Crippen LogP contribution in [0.3, 0.4) is 0 Å². The molecule has 0 bridgehead atoms. The molecule has 2 rings (SSSR count). The van der Waals surface area contributed by atoms with Crippen LogP contribution < -0.4 is 10.0 Å². The van der Waals surface area contributed by atoms with Crippen molar-refractivity contribution < 1.29 is 26.7 Å². The van der Waals surface area contributed by atoms with Crippen LogP contribution in [0.15, 0.2) is 47.4 Å². The zero-order valence-corrected chi connectivity index (χ0v) is 15.6. The van der Waals surface area contributed by atoms with Crippen LogP contribution in [0.2, 0.25) is 0 Å². The molecule has 2 N–H and O–H groups in total. The number of amides is 1. The molecule has 148 valence electrons. The van der Waals surface area contributed by atoms with Gasteiger partial charge < -0.3 is 10.1 Å². The summed E-state index contributed by atoms with van der Waals surface area (Å²) in [7, 11) is -2.44. The summed E-state index contributed by atoms with van der Waals surface area (Å²) >= 11 is 0. The molecule has 0 saturated carbocycles. The first-order valence-corrected chi connectivity index (χ1v) is 9.51. The smallest absolute Gasteiger partial charge is 0.252 e. The second kappa shape index (κ2) is 9.36. The van der Waals surface area contributed by atoms with Crippen LogP contribution in [0.25, 0.3) is 0 Å². The molecule has 10 heteroatoms. The van der Waals surface area contributed by atoms with Gasteiger partial charge >= 0.3 is 0 Å². The molecule has 0 aliphatic heterocycles. The van der Waals surface area contributed by atoms with Crippen LogP contribution in [0, 0.1) is 23.0 Å². The molecule has 0 spiro atoms. The van der Waals surface area contributed by atoms with Gasteiger partial charge in [0.1, 0.15) is 17.7 Å². The van der Waals surface area contributed by atoms with Crippen molar-refractivity contribution in [1.29, 1.82) is 5.26 Å². The average Bonchev–Trinajstić information content (AvgIpc) is 2.66. The number of ether oxygens (including phenoxy) is 1. The third-order valence-electron chi connectivity index (χ3n) is 3.68. The first-order chi connectivity index (χ1) is 13.3. The molecule has 0 aliphatic carbocycles. The van der Waals surface area contributed by atoms with E-state index in [2.05, 4.69) is 10.0 Å². The standard InChI is InChI=1S/C18H17F2N3O4S/c1-27-8-7-22-28(25,26)14-4-2-3-12(9-14)18(24)23-17(11-21)15-6-5-13(19)10-16(15)20/h2-6,9-10,17,22H,7-8H2,1H3,(H,23,24). The van der Waals surface area contributed by atoms with Crippen molar-refractivity contribution in [1.82, 2.24) is 10.0 Å². The molecule has 1 unspecified atom stereocenters. The number of nitrogens with zero attached hydrogens (tertiary/aromatic N) is 1. The number of halogens is 2. The van der Waals surface area contributed by atoms with Gasteiger partial charge in [-0.25, -0.2) is 21.9 Å². The van der Waals surface area contributed by atoms with Crippen molar-refractivity contribution in [3.63, 3.8) is 0 Å². The number of sulfonamides is 1. The van der Waals surface area contributed by atoms with Gasteiger partial charge in [-0.2, -0.15) is 5.26 Å². The minimum Gasteiger partial charge on any atom is -0.383 e. The Kier molecular flexibility index (Phi) is 7.17. The highest BCUT2D eigenvalue weighted by atomic mass is 32.2. The SMILES string of the molecule is COCCNS(=O)(=O)c1cccc(C(=O)NC(C#N)c2ccc(F)cc2F)c1. The van der Waals surface area contributed by atoms with E-state index < -0.39 is 33.6 Å². The van der Waals surface area contributed by atoms with Gasteiger partial charge in [0, 0.05) is 30.8 Å². The molecule has 2 aromatic carbocycles. The predicted octanol–water partition coefficient (Wildman–Crippen LogP) is 1.88. The van der Waals surface area contributed by atoms with Crippen LogP contribution in [0.1, 0.15) is 22.0 Å². The molecular weight excluding hydrogens is 392 g/mol. The summed E-state index contributed by atoms with van der Waals surface area (Å²) in [6.45, 7) is 0.224. The maximum Gasteiger partial charge on any atom is 0.252 e. The first kappa shape index (κ1) is 21.4. The van der Waals surface area contributed by atoms with E-state index in [-0.39, 0.29) is 29.2 Å². The molecule has 0 heterocycles. The van der Waals surface area contributed by atoms with Crippen LogP contribution >= 0.6 is 0 Å². The Bertz CT molecular complexity index is 1010. The summed E-state index contributed by atoms with van der Waals surface area (Å²) < 4.78 is 58.4. The topological polar surface area (TPSA) is 108 Å². The first-order valence-electron chi connectivity index (χ1n) is 8.02. The molecule has 0 aromatic heterocycles. The second-order valence-electron chi connectivity index (χ2n) is 5.62. The zero-order chi connectivity index (χ0) is 20.7. The quantitative estimate of drug-likeness (QED) is 0.648. The Morgan fingerprint density at radius 3 is 2.64 bits per heavy atom. The Morgan fingerprint density at radius 2 is 2.00 bits per heavy atom. The Labute approximate surface area is 161 Å². The number of benzene rings is 2. The highest BCUT2D eigenvalue weighted by Crippen LogP contribution is 2.19. The van der Waals surface area contributed by atoms with E-state index in [1.807, 2.05) is 0 Å². The van der Waals surface area contributed by atoms with E-state index in [1.54, 1.807) is 6.07 Å². The van der Waals surface area contributed by atoms with Gasteiger partial charge in [0.05, 0.1) is 17.6 Å². The second-order valence-corrected chi connectivity index (χ2v) is 7.39. The fourth-order valence-electron chi connectivity index (χ4n) is 2.30. The van der Waals surface area contributed by atoms with E-state index in [0.29, 0.717) is 6.07 Å². The van der Waals surface area contributed by atoms with E-state index in [0.717, 1.165) is 18.2 Å². The van der Waals surface area contributed by atoms with Crippen molar-refractivity contribution in [3.05, 3.63) is 65.2 Å². The molecule has 1 amide bonds. The average molecular weight is 409 g/mol. The molecule has 0 radical (unpaired) electrons. The van der Waals surface area contributed by atoms with Gasteiger partial charge in [-0.15, -0.1) is 0 Å². The van der Waals surface area contributed by atoms with E-state index in [9.17, 15) is 27.3 Å². The molecule has 2 aromatic rings. The number of hydrogen-bond donors (Lipinski definition) is 2. The molecule has 0 aliphatic rings. The lowest BCUT2D eigenvalue weighted by Crippen LogP contribution is -2.29. The van der Waals surface area contributed by atoms with Crippen molar-refractivity contribution >= 4 is 15.9 Å². The number of rotatable bonds is 8. The van der Waals surface area contributed by atoms with E-state index >= 15 is 0 Å². The van der Waals surface area contributed by atoms with E-state index in [1.165, 1.54) is 25.3 Å². The summed E-state index contributed by atoms with van der Waals surface area (Å²) in [5.41, 5.74) is -0.250. The summed E-state index contributed by atoms with van der Waals surface area (Å²) in [5.74, 6) is -2.59. The van der Waals surface area contributed by atoms with Crippen molar-refractivity contribution in [2.45, 2.75) is 10.9 Å². The zero-order valence-electron chi connectivity index (χ0n) is 14.8. The lowest BCUT2D eigenvalue weighted by Gasteiger charge is -2.13. The minimum atomic E-state index is -3.86.